The summed E-state index contributed by atoms with van der Waals surface area (Å²) in [6.07, 6.45) is 0. The van der Waals surface area contributed by atoms with Gasteiger partial charge in [-0.15, -0.1) is 5.46 Å². The van der Waals surface area contributed by atoms with Gasteiger partial charge < -0.3 is 18.3 Å². The predicted octanol–water partition coefficient (Wildman–Crippen LogP) is 2.06. The molecule has 0 spiro atoms. The van der Waals surface area contributed by atoms with Crippen molar-refractivity contribution < 1.29 is 12.9 Å². The average Bonchev–Trinajstić information content (AvgIpc) is 2.34. The quantitative estimate of drug-likeness (QED) is 0.636. The fraction of sp³-hybridized carbons (Fsp3) is 0.500. The number of benzene rings is 1. The zero-order chi connectivity index (χ0) is 14.0. The van der Waals surface area contributed by atoms with Crippen molar-refractivity contribution in [3.63, 3.8) is 0 Å². The highest BCUT2D eigenvalue weighted by Gasteiger charge is 2.27. The van der Waals surface area contributed by atoms with Gasteiger partial charge >= 0.3 is 6.98 Å². The Labute approximate surface area is 124 Å². The van der Waals surface area contributed by atoms with Crippen LogP contribution in [0.15, 0.2) is 12.1 Å². The van der Waals surface area contributed by atoms with Crippen LogP contribution in [0, 0.1) is 10.5 Å². The van der Waals surface area contributed by atoms with Gasteiger partial charge in [-0.05, 0) is 40.6 Å². The first-order valence-corrected chi connectivity index (χ1v) is 7.38. The molecule has 0 atom stereocenters. The standard InChI is InChI=1S/C12H16BF3IN2/c1-9-10(8-19-4-2-18-3-5-19)6-11(7-12(9)17)13(14,15)16/h6-7,18H,2-5,8H2,1H3/q-1. The zero-order valence-electron chi connectivity index (χ0n) is 10.7. The van der Waals surface area contributed by atoms with Crippen molar-refractivity contribution in [2.75, 3.05) is 26.2 Å². The van der Waals surface area contributed by atoms with Crippen LogP contribution in [-0.2, 0) is 6.54 Å². The van der Waals surface area contributed by atoms with Crippen molar-refractivity contribution in [3.8, 4) is 0 Å². The molecule has 1 aromatic carbocycles. The maximum Gasteiger partial charge on any atom is 0.509 e. The molecular weight excluding hydrogens is 367 g/mol. The molecule has 0 unspecified atom stereocenters. The number of halogens is 4. The van der Waals surface area contributed by atoms with Crippen LogP contribution in [0.1, 0.15) is 11.1 Å². The lowest BCUT2D eigenvalue weighted by Gasteiger charge is -2.29. The van der Waals surface area contributed by atoms with E-state index >= 15 is 0 Å². The van der Waals surface area contributed by atoms with Gasteiger partial charge in [0.25, 0.3) is 0 Å². The Balaban J connectivity index is 2.25. The Morgan fingerprint density at radius 2 is 1.89 bits per heavy atom. The second kappa shape index (κ2) is 6.01. The maximum atomic E-state index is 12.9. The summed E-state index contributed by atoms with van der Waals surface area (Å²) in [6, 6.07) is 2.57. The number of hydrogen-bond donors (Lipinski definition) is 1. The van der Waals surface area contributed by atoms with E-state index < -0.39 is 12.4 Å². The number of nitrogens with one attached hydrogen (secondary N) is 1. The summed E-state index contributed by atoms with van der Waals surface area (Å²) >= 11 is 1.99. The Hall–Kier alpha value is -0.275. The molecule has 2 nitrogen and oxygen atoms in total. The van der Waals surface area contributed by atoms with E-state index in [2.05, 4.69) is 10.2 Å². The SMILES string of the molecule is Cc1c(I)cc([B-](F)(F)F)cc1CN1CCNCC1. The summed E-state index contributed by atoms with van der Waals surface area (Å²) in [6.45, 7) is 1.15. The lowest BCUT2D eigenvalue weighted by atomic mass is 9.78. The van der Waals surface area contributed by atoms with Gasteiger partial charge in [-0.2, -0.15) is 0 Å². The van der Waals surface area contributed by atoms with Crippen LogP contribution in [0.2, 0.25) is 0 Å². The zero-order valence-corrected chi connectivity index (χ0v) is 12.9. The number of rotatable bonds is 3. The third-order valence-electron chi connectivity index (χ3n) is 3.46. The molecule has 7 heteroatoms. The summed E-state index contributed by atoms with van der Waals surface area (Å²) in [5.74, 6) is 0. The summed E-state index contributed by atoms with van der Waals surface area (Å²) in [5, 5.41) is 3.24. The van der Waals surface area contributed by atoms with Gasteiger partial charge in [-0.1, -0.05) is 12.1 Å². The monoisotopic (exact) mass is 383 g/mol. The summed E-state index contributed by atoms with van der Waals surface area (Å²) in [7, 11) is 0. The van der Waals surface area contributed by atoms with E-state index in [-0.39, 0.29) is 0 Å². The minimum Gasteiger partial charge on any atom is -0.445 e. The topological polar surface area (TPSA) is 15.3 Å². The fourth-order valence-electron chi connectivity index (χ4n) is 2.22. The van der Waals surface area contributed by atoms with Crippen LogP contribution in [0.4, 0.5) is 12.9 Å². The van der Waals surface area contributed by atoms with Gasteiger partial charge in [0.1, 0.15) is 0 Å². The van der Waals surface area contributed by atoms with Gasteiger partial charge in [0.2, 0.25) is 0 Å². The molecule has 1 saturated heterocycles. The molecule has 1 fully saturated rings. The molecule has 0 aromatic heterocycles. The normalized spacial score (nSPS) is 17.7. The number of hydrogen-bond acceptors (Lipinski definition) is 2. The van der Waals surface area contributed by atoms with Gasteiger partial charge in [0.15, 0.2) is 0 Å². The van der Waals surface area contributed by atoms with E-state index in [0.29, 0.717) is 10.1 Å². The van der Waals surface area contributed by atoms with Crippen molar-refractivity contribution in [2.45, 2.75) is 13.5 Å². The molecule has 0 radical (unpaired) electrons. The van der Waals surface area contributed by atoms with Crippen LogP contribution in [0.3, 0.4) is 0 Å². The lowest BCUT2D eigenvalue weighted by molar-refractivity contribution is 0.233. The largest absolute Gasteiger partial charge is 0.509 e. The van der Waals surface area contributed by atoms with Crippen molar-refractivity contribution in [2.24, 2.45) is 0 Å². The fourth-order valence-corrected chi connectivity index (χ4v) is 2.93. The molecule has 106 valence electrons. The van der Waals surface area contributed by atoms with Gasteiger partial charge in [-0.3, -0.25) is 4.90 Å². The summed E-state index contributed by atoms with van der Waals surface area (Å²) in [5.41, 5.74) is 1.27. The van der Waals surface area contributed by atoms with Gasteiger partial charge in [0.05, 0.1) is 0 Å². The number of nitrogens with zero attached hydrogens (tertiary/aromatic N) is 1. The molecule has 0 amide bonds. The van der Waals surface area contributed by atoms with Gasteiger partial charge in [0, 0.05) is 36.3 Å². The molecule has 0 saturated carbocycles. The summed E-state index contributed by atoms with van der Waals surface area (Å²) < 4.78 is 39.4. The minimum absolute atomic E-state index is 0.486. The molecule has 1 aliphatic heterocycles. The lowest BCUT2D eigenvalue weighted by Crippen LogP contribution is -2.43. The van der Waals surface area contributed by atoms with E-state index in [4.69, 9.17) is 0 Å². The highest BCUT2D eigenvalue weighted by atomic mass is 127. The van der Waals surface area contributed by atoms with E-state index in [1.807, 2.05) is 29.5 Å². The van der Waals surface area contributed by atoms with Crippen molar-refractivity contribution in [1.29, 1.82) is 0 Å². The van der Waals surface area contributed by atoms with Crippen molar-refractivity contribution in [1.82, 2.24) is 10.2 Å². The summed E-state index contributed by atoms with van der Waals surface area (Å²) in [4.78, 5) is 2.20. The van der Waals surface area contributed by atoms with E-state index in [1.54, 1.807) is 0 Å². The van der Waals surface area contributed by atoms with Crippen LogP contribution in [-0.4, -0.2) is 38.1 Å². The first-order chi connectivity index (χ1) is 8.88. The van der Waals surface area contributed by atoms with Crippen LogP contribution >= 0.6 is 22.6 Å². The molecule has 0 bridgehead atoms. The molecule has 1 aromatic rings. The van der Waals surface area contributed by atoms with Crippen LogP contribution in [0.25, 0.3) is 0 Å². The predicted molar refractivity (Wildman–Crippen MR) is 80.8 cm³/mol. The molecule has 1 heterocycles. The first kappa shape index (κ1) is 15.1. The van der Waals surface area contributed by atoms with Crippen molar-refractivity contribution >= 4 is 35.0 Å². The first-order valence-electron chi connectivity index (χ1n) is 6.30. The third-order valence-corrected chi connectivity index (χ3v) is 4.58. The highest BCUT2D eigenvalue weighted by molar-refractivity contribution is 14.1. The van der Waals surface area contributed by atoms with Crippen LogP contribution in [0.5, 0.6) is 0 Å². The van der Waals surface area contributed by atoms with Crippen molar-refractivity contribution in [3.05, 3.63) is 26.8 Å². The molecule has 2 rings (SSSR count). The van der Waals surface area contributed by atoms with E-state index in [1.165, 1.54) is 12.1 Å². The molecule has 1 aliphatic rings. The molecular formula is C12H16BF3IN2-. The molecule has 1 N–H and O–H groups in total. The maximum absolute atomic E-state index is 12.9. The third kappa shape index (κ3) is 3.85. The highest BCUT2D eigenvalue weighted by Crippen LogP contribution is 2.20. The second-order valence-electron chi connectivity index (χ2n) is 4.89. The molecule has 19 heavy (non-hydrogen) atoms. The number of piperazine rings is 1. The van der Waals surface area contributed by atoms with E-state index in [0.717, 1.165) is 37.3 Å². The Morgan fingerprint density at radius 1 is 1.26 bits per heavy atom. The smallest absolute Gasteiger partial charge is 0.445 e. The second-order valence-corrected chi connectivity index (χ2v) is 6.05. The molecule has 0 aliphatic carbocycles. The van der Waals surface area contributed by atoms with Crippen LogP contribution < -0.4 is 10.8 Å². The minimum atomic E-state index is -4.92. The van der Waals surface area contributed by atoms with Gasteiger partial charge in [-0.25, -0.2) is 0 Å². The Kier molecular flexibility index (Phi) is 4.78. The Morgan fingerprint density at radius 3 is 2.47 bits per heavy atom. The van der Waals surface area contributed by atoms with E-state index in [9.17, 15) is 12.9 Å². The Bertz CT molecular complexity index is 459. The average molecular weight is 383 g/mol.